The Bertz CT molecular complexity index is 869. The highest BCUT2D eigenvalue weighted by Crippen LogP contribution is 2.27. The molecule has 2 aliphatic rings. The monoisotopic (exact) mass is 412 g/mol. The third-order valence-corrected chi connectivity index (χ3v) is 6.22. The number of carbonyl (C=O) groups excluding carboxylic acids is 2. The second-order valence-electron chi connectivity index (χ2n) is 7.15. The van der Waals surface area contributed by atoms with Crippen molar-refractivity contribution in [2.45, 2.75) is 24.2 Å². The van der Waals surface area contributed by atoms with Crippen LogP contribution in [0, 0.1) is 0 Å². The second kappa shape index (κ2) is 9.26. The highest BCUT2D eigenvalue weighted by Gasteiger charge is 2.23. The molecule has 0 N–H and O–H groups in total. The molecule has 0 spiro atoms. The molecular weight excluding hydrogens is 388 g/mol. The number of aromatic nitrogens is 2. The van der Waals surface area contributed by atoms with E-state index in [0.29, 0.717) is 32.1 Å². The molecule has 0 atom stereocenters. The van der Waals surface area contributed by atoms with Gasteiger partial charge in [-0.2, -0.15) is 0 Å². The fraction of sp³-hybridized carbons (Fsp3) is 0.429. The van der Waals surface area contributed by atoms with E-state index in [1.165, 1.54) is 29.3 Å². The summed E-state index contributed by atoms with van der Waals surface area (Å²) in [5.74, 6) is 0.370. The quantitative estimate of drug-likeness (QED) is 0.530. The van der Waals surface area contributed by atoms with Crippen LogP contribution in [-0.4, -0.2) is 65.3 Å². The van der Waals surface area contributed by atoms with Crippen molar-refractivity contribution in [3.8, 4) is 0 Å². The molecule has 2 aromatic rings. The van der Waals surface area contributed by atoms with E-state index in [4.69, 9.17) is 4.74 Å². The molecule has 1 aliphatic carbocycles. The minimum atomic E-state index is -0.361. The Labute approximate surface area is 174 Å². The van der Waals surface area contributed by atoms with Crippen LogP contribution in [0.5, 0.6) is 0 Å². The molecule has 1 saturated heterocycles. The first kappa shape index (κ1) is 19.7. The lowest BCUT2D eigenvalue weighted by molar-refractivity contribution is -0.150. The van der Waals surface area contributed by atoms with Crippen molar-refractivity contribution < 1.29 is 14.3 Å². The van der Waals surface area contributed by atoms with Crippen molar-refractivity contribution in [2.75, 3.05) is 43.4 Å². The zero-order valence-electron chi connectivity index (χ0n) is 16.2. The fourth-order valence-corrected chi connectivity index (χ4v) is 4.42. The maximum atomic E-state index is 12.3. The summed E-state index contributed by atoms with van der Waals surface area (Å²) < 4.78 is 5.19. The Kier molecular flexibility index (Phi) is 6.29. The number of benzene rings is 1. The van der Waals surface area contributed by atoms with Gasteiger partial charge in [-0.1, -0.05) is 6.07 Å². The largest absolute Gasteiger partial charge is 0.455 e. The molecule has 0 saturated carbocycles. The second-order valence-corrected chi connectivity index (χ2v) is 8.20. The van der Waals surface area contributed by atoms with Crippen molar-refractivity contribution in [1.82, 2.24) is 14.9 Å². The highest BCUT2D eigenvalue weighted by molar-refractivity contribution is 8.00. The number of carbonyl (C=O) groups is 2. The number of amides is 1. The molecule has 8 heteroatoms. The Balaban J connectivity index is 1.17. The van der Waals surface area contributed by atoms with Crippen LogP contribution in [0.3, 0.4) is 0 Å². The molecule has 1 fully saturated rings. The molecule has 1 aromatic carbocycles. The van der Waals surface area contributed by atoms with Gasteiger partial charge in [-0.3, -0.25) is 9.59 Å². The number of rotatable bonds is 6. The fourth-order valence-electron chi connectivity index (χ4n) is 3.67. The van der Waals surface area contributed by atoms with E-state index in [0.717, 1.165) is 17.7 Å². The van der Waals surface area contributed by atoms with Gasteiger partial charge in [0.2, 0.25) is 5.95 Å². The first-order chi connectivity index (χ1) is 14.2. The number of esters is 1. The van der Waals surface area contributed by atoms with Gasteiger partial charge in [0.15, 0.2) is 6.61 Å². The van der Waals surface area contributed by atoms with Gasteiger partial charge < -0.3 is 14.5 Å². The van der Waals surface area contributed by atoms with E-state index in [9.17, 15) is 9.59 Å². The van der Waals surface area contributed by atoms with E-state index in [1.807, 2.05) is 4.90 Å². The average molecular weight is 413 g/mol. The van der Waals surface area contributed by atoms with E-state index < -0.39 is 0 Å². The number of piperazine rings is 1. The Hall–Kier alpha value is -2.61. The molecule has 0 bridgehead atoms. The lowest BCUT2D eigenvalue weighted by Crippen LogP contribution is -2.50. The van der Waals surface area contributed by atoms with Crippen LogP contribution in [0.4, 0.5) is 5.95 Å². The normalized spacial score (nSPS) is 15.9. The Morgan fingerprint density at radius 3 is 2.59 bits per heavy atom. The molecule has 1 aliphatic heterocycles. The number of fused-ring (bicyclic) bond motifs is 1. The summed E-state index contributed by atoms with van der Waals surface area (Å²) in [6.45, 7) is 2.26. The summed E-state index contributed by atoms with van der Waals surface area (Å²) in [6, 6.07) is 8.16. The van der Waals surface area contributed by atoms with Gasteiger partial charge in [0.25, 0.3) is 5.91 Å². The van der Waals surface area contributed by atoms with Crippen LogP contribution >= 0.6 is 11.8 Å². The first-order valence-corrected chi connectivity index (χ1v) is 10.9. The van der Waals surface area contributed by atoms with Gasteiger partial charge in [0, 0.05) is 43.5 Å². The van der Waals surface area contributed by atoms with Crippen LogP contribution in [0.25, 0.3) is 0 Å². The van der Waals surface area contributed by atoms with Gasteiger partial charge in [-0.15, -0.1) is 11.8 Å². The van der Waals surface area contributed by atoms with E-state index in [-0.39, 0.29) is 24.2 Å². The number of ether oxygens (including phenoxy) is 1. The minimum absolute atomic E-state index is 0.158. The van der Waals surface area contributed by atoms with Crippen molar-refractivity contribution >= 4 is 29.6 Å². The van der Waals surface area contributed by atoms with Gasteiger partial charge >= 0.3 is 5.97 Å². The van der Waals surface area contributed by atoms with Crippen molar-refractivity contribution in [1.29, 1.82) is 0 Å². The summed E-state index contributed by atoms with van der Waals surface area (Å²) in [4.78, 5) is 37.7. The Morgan fingerprint density at radius 1 is 1.03 bits per heavy atom. The zero-order valence-corrected chi connectivity index (χ0v) is 17.1. The molecule has 1 amide bonds. The van der Waals surface area contributed by atoms with Crippen LogP contribution in [0.15, 0.2) is 41.6 Å². The van der Waals surface area contributed by atoms with Gasteiger partial charge in [-0.05, 0) is 48.6 Å². The molecule has 0 unspecified atom stereocenters. The van der Waals surface area contributed by atoms with Gasteiger partial charge in [0.05, 0.1) is 5.75 Å². The standard InChI is InChI=1S/C21H24N4O3S/c26-19(24-9-11-25(12-10-24)21-22-7-2-8-23-21)14-28-20(27)15-29-18-6-5-16-3-1-4-17(16)13-18/h2,5-8,13H,1,3-4,9-12,14-15H2. The zero-order chi connectivity index (χ0) is 20.1. The van der Waals surface area contributed by atoms with E-state index in [2.05, 4.69) is 28.2 Å². The molecule has 4 rings (SSSR count). The molecule has 0 radical (unpaired) electrons. The number of anilines is 1. The van der Waals surface area contributed by atoms with E-state index in [1.54, 1.807) is 23.4 Å². The lowest BCUT2D eigenvalue weighted by Gasteiger charge is -2.34. The predicted molar refractivity (Wildman–Crippen MR) is 111 cm³/mol. The number of hydrogen-bond donors (Lipinski definition) is 0. The number of aryl methyl sites for hydroxylation is 2. The third-order valence-electron chi connectivity index (χ3n) is 5.25. The maximum absolute atomic E-state index is 12.3. The SMILES string of the molecule is O=C(CSc1ccc2c(c1)CCC2)OCC(=O)N1CCN(c2ncccn2)CC1. The minimum Gasteiger partial charge on any atom is -0.455 e. The summed E-state index contributed by atoms with van der Waals surface area (Å²) >= 11 is 1.46. The lowest BCUT2D eigenvalue weighted by atomic mass is 10.1. The topological polar surface area (TPSA) is 75.6 Å². The molecule has 7 nitrogen and oxygen atoms in total. The maximum Gasteiger partial charge on any atom is 0.316 e. The van der Waals surface area contributed by atoms with Crippen molar-refractivity contribution in [3.05, 3.63) is 47.8 Å². The number of hydrogen-bond acceptors (Lipinski definition) is 7. The van der Waals surface area contributed by atoms with Gasteiger partial charge in [0.1, 0.15) is 0 Å². The summed E-state index contributed by atoms with van der Waals surface area (Å²) in [7, 11) is 0. The Morgan fingerprint density at radius 2 is 1.79 bits per heavy atom. The molecule has 1 aromatic heterocycles. The van der Waals surface area contributed by atoms with Crippen LogP contribution in [0.1, 0.15) is 17.5 Å². The summed E-state index contributed by atoms with van der Waals surface area (Å²) in [6.07, 6.45) is 6.89. The predicted octanol–water partition coefficient (Wildman–Crippen LogP) is 1.95. The van der Waals surface area contributed by atoms with E-state index >= 15 is 0 Å². The van der Waals surface area contributed by atoms with Crippen molar-refractivity contribution in [2.24, 2.45) is 0 Å². The summed E-state index contributed by atoms with van der Waals surface area (Å²) in [5.41, 5.74) is 2.81. The number of nitrogens with zero attached hydrogens (tertiary/aromatic N) is 4. The third kappa shape index (κ3) is 5.06. The molecular formula is C21H24N4O3S. The molecule has 29 heavy (non-hydrogen) atoms. The molecule has 2 heterocycles. The summed E-state index contributed by atoms with van der Waals surface area (Å²) in [5, 5.41) is 0. The first-order valence-electron chi connectivity index (χ1n) is 9.89. The van der Waals surface area contributed by atoms with Crippen LogP contribution in [0.2, 0.25) is 0 Å². The highest BCUT2D eigenvalue weighted by atomic mass is 32.2. The smallest absolute Gasteiger partial charge is 0.316 e. The average Bonchev–Trinajstić information content (AvgIpc) is 3.24. The van der Waals surface area contributed by atoms with Crippen molar-refractivity contribution in [3.63, 3.8) is 0 Å². The van der Waals surface area contributed by atoms with Crippen LogP contribution in [-0.2, 0) is 27.2 Å². The van der Waals surface area contributed by atoms with Gasteiger partial charge in [-0.25, -0.2) is 9.97 Å². The van der Waals surface area contributed by atoms with Crippen LogP contribution < -0.4 is 4.90 Å². The molecule has 152 valence electrons. The number of thioether (sulfide) groups is 1.